The average molecular weight is 360 g/mol. The fourth-order valence-electron chi connectivity index (χ4n) is 3.67. The van der Waals surface area contributed by atoms with Crippen molar-refractivity contribution in [1.82, 2.24) is 0 Å². The Bertz CT molecular complexity index is 593. The van der Waals surface area contributed by atoms with Gasteiger partial charge < -0.3 is 10.0 Å². The Balaban J connectivity index is 2.11. The van der Waals surface area contributed by atoms with Gasteiger partial charge in [-0.25, -0.2) is 17.6 Å². The molecule has 2 N–H and O–H groups in total. The number of alkyl halides is 2. The van der Waals surface area contributed by atoms with Crippen LogP contribution in [0.3, 0.4) is 0 Å². The van der Waals surface area contributed by atoms with Crippen LogP contribution in [0, 0.1) is 17.6 Å². The molecule has 0 radical (unpaired) electrons. The zero-order valence-corrected chi connectivity index (χ0v) is 14.5. The van der Waals surface area contributed by atoms with Gasteiger partial charge in [0.1, 0.15) is 11.6 Å². The Labute approximate surface area is 146 Å². The quantitative estimate of drug-likeness (QED) is 0.417. The van der Waals surface area contributed by atoms with Gasteiger partial charge in [0.05, 0.1) is 5.46 Å². The molecule has 1 aromatic rings. The van der Waals surface area contributed by atoms with E-state index in [-0.39, 0.29) is 18.4 Å². The molecule has 140 valence electrons. The second-order valence-corrected chi connectivity index (χ2v) is 6.90. The van der Waals surface area contributed by atoms with Gasteiger partial charge in [-0.15, -0.1) is 0 Å². The normalized spacial score (nSPS) is 18.9. The molecule has 1 aliphatic carbocycles. The molecular weight excluding hydrogens is 335 g/mol. The predicted molar refractivity (Wildman–Crippen MR) is 89.9 cm³/mol. The van der Waals surface area contributed by atoms with Gasteiger partial charge in [0.25, 0.3) is 5.92 Å². The molecule has 0 fully saturated rings. The van der Waals surface area contributed by atoms with E-state index in [0.29, 0.717) is 18.9 Å². The summed E-state index contributed by atoms with van der Waals surface area (Å²) in [6.45, 7) is 2.11. The van der Waals surface area contributed by atoms with Crippen LogP contribution in [0.4, 0.5) is 17.6 Å². The summed E-state index contributed by atoms with van der Waals surface area (Å²) in [4.78, 5) is 0. The van der Waals surface area contributed by atoms with Crippen molar-refractivity contribution in [3.8, 4) is 0 Å². The molecule has 7 heteroatoms. The summed E-state index contributed by atoms with van der Waals surface area (Å²) < 4.78 is 57.6. The van der Waals surface area contributed by atoms with Gasteiger partial charge in [-0.1, -0.05) is 45.4 Å². The van der Waals surface area contributed by atoms with E-state index in [1.54, 1.807) is 0 Å². The molecule has 1 atom stereocenters. The monoisotopic (exact) mass is 360 g/mol. The minimum absolute atomic E-state index is 0.0528. The lowest BCUT2D eigenvalue weighted by Gasteiger charge is -2.34. The Hall–Kier alpha value is -1.08. The highest BCUT2D eigenvalue weighted by molar-refractivity contribution is 6.58. The van der Waals surface area contributed by atoms with E-state index < -0.39 is 41.6 Å². The maximum atomic E-state index is 14.7. The van der Waals surface area contributed by atoms with Gasteiger partial charge in [-0.05, 0) is 30.9 Å². The highest BCUT2D eigenvalue weighted by atomic mass is 19.3. The topological polar surface area (TPSA) is 40.5 Å². The van der Waals surface area contributed by atoms with E-state index in [2.05, 4.69) is 6.92 Å². The van der Waals surface area contributed by atoms with E-state index in [0.717, 1.165) is 32.1 Å². The van der Waals surface area contributed by atoms with Crippen molar-refractivity contribution < 1.29 is 27.6 Å². The van der Waals surface area contributed by atoms with Crippen LogP contribution < -0.4 is 5.46 Å². The van der Waals surface area contributed by atoms with E-state index in [4.69, 9.17) is 10.0 Å². The van der Waals surface area contributed by atoms with Gasteiger partial charge in [0.15, 0.2) is 0 Å². The van der Waals surface area contributed by atoms with Crippen LogP contribution in [0.2, 0.25) is 0 Å². The third-order valence-electron chi connectivity index (χ3n) is 5.13. The third kappa shape index (κ3) is 4.37. The highest BCUT2D eigenvalue weighted by Gasteiger charge is 2.47. The molecule has 1 aromatic carbocycles. The van der Waals surface area contributed by atoms with Crippen LogP contribution in [0.1, 0.15) is 69.4 Å². The molecule has 2 nitrogen and oxygen atoms in total. The smallest absolute Gasteiger partial charge is 0.423 e. The SMILES string of the molecule is CCCCCCCCC1CCc2c(cc(F)c(B(O)O)c2F)C1(F)F. The molecule has 1 unspecified atom stereocenters. The van der Waals surface area contributed by atoms with Crippen LogP contribution >= 0.6 is 0 Å². The van der Waals surface area contributed by atoms with Crippen molar-refractivity contribution in [2.45, 2.75) is 70.6 Å². The molecule has 25 heavy (non-hydrogen) atoms. The number of unbranched alkanes of at least 4 members (excludes halogenated alkanes) is 5. The Kier molecular flexibility index (Phi) is 6.91. The lowest BCUT2D eigenvalue weighted by molar-refractivity contribution is -0.0797. The second kappa shape index (κ2) is 8.54. The summed E-state index contributed by atoms with van der Waals surface area (Å²) in [6, 6.07) is 0.570. The molecule has 1 aliphatic rings. The number of rotatable bonds is 8. The molecule has 0 heterocycles. The Morgan fingerprint density at radius 1 is 1.12 bits per heavy atom. The second-order valence-electron chi connectivity index (χ2n) is 6.90. The summed E-state index contributed by atoms with van der Waals surface area (Å²) in [5.41, 5.74) is -1.90. The van der Waals surface area contributed by atoms with Crippen molar-refractivity contribution in [2.75, 3.05) is 0 Å². The van der Waals surface area contributed by atoms with Crippen LogP contribution in [0.25, 0.3) is 0 Å². The zero-order valence-electron chi connectivity index (χ0n) is 14.5. The largest absolute Gasteiger partial charge is 0.494 e. The first-order valence-electron chi connectivity index (χ1n) is 9.05. The molecule has 0 aromatic heterocycles. The van der Waals surface area contributed by atoms with Crippen LogP contribution in [-0.4, -0.2) is 17.2 Å². The van der Waals surface area contributed by atoms with Crippen molar-refractivity contribution in [1.29, 1.82) is 0 Å². The van der Waals surface area contributed by atoms with Gasteiger partial charge in [0, 0.05) is 11.5 Å². The van der Waals surface area contributed by atoms with E-state index >= 15 is 0 Å². The van der Waals surface area contributed by atoms with Crippen molar-refractivity contribution >= 4 is 12.6 Å². The van der Waals surface area contributed by atoms with Crippen molar-refractivity contribution in [3.05, 3.63) is 28.8 Å². The summed E-state index contributed by atoms with van der Waals surface area (Å²) in [7, 11) is -2.36. The van der Waals surface area contributed by atoms with Crippen LogP contribution in [0.15, 0.2) is 6.07 Å². The zero-order chi connectivity index (χ0) is 18.6. The third-order valence-corrected chi connectivity index (χ3v) is 5.13. The summed E-state index contributed by atoms with van der Waals surface area (Å²) >= 11 is 0. The van der Waals surface area contributed by atoms with Crippen LogP contribution in [0.5, 0.6) is 0 Å². The maximum absolute atomic E-state index is 14.7. The minimum atomic E-state index is -3.31. The van der Waals surface area contributed by atoms with E-state index in [1.807, 2.05) is 0 Å². The molecule has 2 rings (SSSR count). The highest BCUT2D eigenvalue weighted by Crippen LogP contribution is 2.47. The number of hydrogen-bond donors (Lipinski definition) is 2. The lowest BCUT2D eigenvalue weighted by atomic mass is 9.72. The van der Waals surface area contributed by atoms with Gasteiger partial charge in [-0.2, -0.15) is 0 Å². The summed E-state index contributed by atoms with van der Waals surface area (Å²) in [6.07, 6.45) is 6.44. The Morgan fingerprint density at radius 2 is 1.76 bits per heavy atom. The number of fused-ring (bicyclic) bond motifs is 1. The fraction of sp³-hybridized carbons (Fsp3) is 0.667. The molecular formula is C18H25BF4O2. The van der Waals surface area contributed by atoms with Crippen LogP contribution in [-0.2, 0) is 12.3 Å². The minimum Gasteiger partial charge on any atom is -0.423 e. The predicted octanol–water partition coefficient (Wildman–Crippen LogP) is 4.05. The van der Waals surface area contributed by atoms with Gasteiger partial charge in [0.2, 0.25) is 0 Å². The number of hydrogen-bond acceptors (Lipinski definition) is 2. The Morgan fingerprint density at radius 3 is 2.40 bits per heavy atom. The molecule has 0 spiro atoms. The van der Waals surface area contributed by atoms with Crippen molar-refractivity contribution in [3.63, 3.8) is 0 Å². The van der Waals surface area contributed by atoms with E-state index in [9.17, 15) is 17.6 Å². The molecule has 0 saturated heterocycles. The first-order valence-corrected chi connectivity index (χ1v) is 9.05. The number of halogens is 4. The maximum Gasteiger partial charge on any atom is 0.494 e. The first-order chi connectivity index (χ1) is 11.8. The number of benzene rings is 1. The van der Waals surface area contributed by atoms with E-state index in [1.165, 1.54) is 0 Å². The molecule has 0 aliphatic heterocycles. The van der Waals surface area contributed by atoms with Gasteiger partial charge in [-0.3, -0.25) is 0 Å². The standard InChI is InChI=1S/C18H25BF4O2/c1-2-3-4-5-6-7-8-12-9-10-13-14(18(12,22)23)11-15(20)16(17(13)21)19(24)25/h11-12,24-25H,2-10H2,1H3. The lowest BCUT2D eigenvalue weighted by Crippen LogP contribution is -2.40. The molecule has 0 saturated carbocycles. The summed E-state index contributed by atoms with van der Waals surface area (Å²) in [5.74, 6) is -6.85. The molecule has 0 bridgehead atoms. The molecule has 0 amide bonds. The van der Waals surface area contributed by atoms with Crippen molar-refractivity contribution in [2.24, 2.45) is 5.92 Å². The fourth-order valence-corrected chi connectivity index (χ4v) is 3.67. The first kappa shape index (κ1) is 20.2. The summed E-state index contributed by atoms with van der Waals surface area (Å²) in [5, 5.41) is 18.1. The van der Waals surface area contributed by atoms with Gasteiger partial charge >= 0.3 is 7.12 Å². The average Bonchev–Trinajstić information content (AvgIpc) is 2.53.